The monoisotopic (exact) mass is 359 g/mol. The Morgan fingerprint density at radius 2 is 1.77 bits per heavy atom. The van der Waals surface area contributed by atoms with Crippen molar-refractivity contribution in [1.82, 2.24) is 9.71 Å². The zero-order valence-corrected chi connectivity index (χ0v) is 13.6. The average Bonchev–Trinajstić information content (AvgIpc) is 2.42. The van der Waals surface area contributed by atoms with Crippen molar-refractivity contribution in [2.75, 3.05) is 5.32 Å². The number of amides is 1. The molecule has 116 valence electrons. The normalized spacial score (nSPS) is 11.0. The van der Waals surface area contributed by atoms with Crippen molar-refractivity contribution in [3.8, 4) is 0 Å². The SMILES string of the molecule is CC(=O)NS(=O)(=O)c1cccnc1Nc1c(Cl)cccc1Cl. The van der Waals surface area contributed by atoms with Crippen molar-refractivity contribution in [2.45, 2.75) is 11.8 Å². The Labute approximate surface area is 137 Å². The van der Waals surface area contributed by atoms with Crippen molar-refractivity contribution in [3.05, 3.63) is 46.6 Å². The highest BCUT2D eigenvalue weighted by Gasteiger charge is 2.21. The van der Waals surface area contributed by atoms with Crippen LogP contribution in [-0.2, 0) is 14.8 Å². The number of pyridine rings is 1. The van der Waals surface area contributed by atoms with Gasteiger partial charge in [0.25, 0.3) is 10.0 Å². The molecule has 0 aliphatic rings. The molecule has 0 saturated heterocycles. The third kappa shape index (κ3) is 3.68. The summed E-state index contributed by atoms with van der Waals surface area (Å²) < 4.78 is 26.2. The van der Waals surface area contributed by atoms with Crippen LogP contribution in [0, 0.1) is 0 Å². The molecule has 0 atom stereocenters. The summed E-state index contributed by atoms with van der Waals surface area (Å²) >= 11 is 12.1. The van der Waals surface area contributed by atoms with Crippen LogP contribution in [0.2, 0.25) is 10.0 Å². The molecule has 1 aromatic carbocycles. The molecule has 1 amide bonds. The number of nitrogens with zero attached hydrogens (tertiary/aromatic N) is 1. The lowest BCUT2D eigenvalue weighted by molar-refractivity contribution is -0.117. The highest BCUT2D eigenvalue weighted by atomic mass is 35.5. The van der Waals surface area contributed by atoms with Gasteiger partial charge in [0.05, 0.1) is 15.7 Å². The summed E-state index contributed by atoms with van der Waals surface area (Å²) in [5, 5.41) is 3.40. The number of hydrogen-bond acceptors (Lipinski definition) is 5. The number of hydrogen-bond donors (Lipinski definition) is 2. The molecule has 6 nitrogen and oxygen atoms in total. The van der Waals surface area contributed by atoms with Gasteiger partial charge in [-0.1, -0.05) is 29.3 Å². The van der Waals surface area contributed by atoms with E-state index in [1.165, 1.54) is 18.3 Å². The van der Waals surface area contributed by atoms with Crippen LogP contribution >= 0.6 is 23.2 Å². The quantitative estimate of drug-likeness (QED) is 0.875. The summed E-state index contributed by atoms with van der Waals surface area (Å²) in [5.74, 6) is -0.697. The minimum absolute atomic E-state index is 0.00579. The van der Waals surface area contributed by atoms with Gasteiger partial charge in [-0.15, -0.1) is 0 Å². The van der Waals surface area contributed by atoms with Crippen molar-refractivity contribution < 1.29 is 13.2 Å². The van der Waals surface area contributed by atoms with Gasteiger partial charge in [-0.3, -0.25) is 4.79 Å². The molecule has 2 N–H and O–H groups in total. The molecule has 9 heteroatoms. The van der Waals surface area contributed by atoms with Gasteiger partial charge in [-0.2, -0.15) is 0 Å². The van der Waals surface area contributed by atoms with Gasteiger partial charge < -0.3 is 5.32 Å². The third-order valence-corrected chi connectivity index (χ3v) is 4.64. The fraction of sp³-hybridized carbons (Fsp3) is 0.0769. The van der Waals surface area contributed by atoms with Crippen LogP contribution in [0.25, 0.3) is 0 Å². The summed E-state index contributed by atoms with van der Waals surface area (Å²) in [5.41, 5.74) is 0.323. The predicted octanol–water partition coefficient (Wildman–Crippen LogP) is 2.96. The average molecular weight is 360 g/mol. The molecule has 0 aliphatic heterocycles. The lowest BCUT2D eigenvalue weighted by atomic mass is 10.3. The minimum Gasteiger partial charge on any atom is -0.337 e. The van der Waals surface area contributed by atoms with E-state index in [1.807, 2.05) is 4.72 Å². The molecule has 2 aromatic rings. The maximum Gasteiger partial charge on any atom is 0.267 e. The van der Waals surface area contributed by atoms with Crippen LogP contribution in [0.3, 0.4) is 0 Å². The Morgan fingerprint density at radius 3 is 2.36 bits per heavy atom. The fourth-order valence-corrected chi connectivity index (χ4v) is 3.28. The number of carbonyl (C=O) groups excluding carboxylic acids is 1. The van der Waals surface area contributed by atoms with Gasteiger partial charge in [0.2, 0.25) is 5.91 Å². The molecule has 2 rings (SSSR count). The van der Waals surface area contributed by atoms with E-state index < -0.39 is 15.9 Å². The van der Waals surface area contributed by atoms with Crippen LogP contribution < -0.4 is 10.0 Å². The van der Waals surface area contributed by atoms with Crippen LogP contribution in [0.4, 0.5) is 11.5 Å². The van der Waals surface area contributed by atoms with E-state index >= 15 is 0 Å². The van der Waals surface area contributed by atoms with E-state index in [4.69, 9.17) is 23.2 Å². The molecule has 0 saturated carbocycles. The van der Waals surface area contributed by atoms with E-state index in [-0.39, 0.29) is 10.7 Å². The smallest absolute Gasteiger partial charge is 0.267 e. The number of halogens is 2. The lowest BCUT2D eigenvalue weighted by Crippen LogP contribution is -2.28. The van der Waals surface area contributed by atoms with Gasteiger partial charge >= 0.3 is 0 Å². The number of para-hydroxylation sites is 1. The Morgan fingerprint density at radius 1 is 1.14 bits per heavy atom. The first-order valence-corrected chi connectivity index (χ1v) is 8.24. The first kappa shape index (κ1) is 16.5. The van der Waals surface area contributed by atoms with Crippen molar-refractivity contribution in [1.29, 1.82) is 0 Å². The molecule has 1 aromatic heterocycles. The molecule has 0 spiro atoms. The summed E-state index contributed by atoms with van der Waals surface area (Å²) in [6.07, 6.45) is 1.40. The van der Waals surface area contributed by atoms with Crippen LogP contribution in [0.15, 0.2) is 41.4 Å². The number of carbonyl (C=O) groups is 1. The van der Waals surface area contributed by atoms with Crippen molar-refractivity contribution in [2.24, 2.45) is 0 Å². The summed E-state index contributed by atoms with van der Waals surface area (Å²) in [4.78, 5) is 14.8. The number of nitrogens with one attached hydrogen (secondary N) is 2. The zero-order valence-electron chi connectivity index (χ0n) is 11.3. The molecule has 0 unspecified atom stereocenters. The summed E-state index contributed by atoms with van der Waals surface area (Å²) in [6.45, 7) is 1.10. The molecular weight excluding hydrogens is 349 g/mol. The molecule has 1 heterocycles. The second-order valence-corrected chi connectivity index (χ2v) is 6.70. The number of aromatic nitrogens is 1. The summed E-state index contributed by atoms with van der Waals surface area (Å²) in [7, 11) is -4.05. The van der Waals surface area contributed by atoms with Gasteiger partial charge in [-0.05, 0) is 24.3 Å². The van der Waals surface area contributed by atoms with Gasteiger partial charge in [0.1, 0.15) is 4.90 Å². The summed E-state index contributed by atoms with van der Waals surface area (Å²) in [6, 6.07) is 7.60. The Balaban J connectivity index is 2.48. The van der Waals surface area contributed by atoms with Crippen LogP contribution in [0.1, 0.15) is 6.92 Å². The Kier molecular flexibility index (Phi) is 4.90. The Bertz CT molecular complexity index is 805. The molecular formula is C13H11Cl2N3O3S. The topological polar surface area (TPSA) is 88.2 Å². The van der Waals surface area contributed by atoms with Crippen molar-refractivity contribution in [3.63, 3.8) is 0 Å². The minimum atomic E-state index is -4.05. The standard InChI is InChI=1S/C13H11Cl2N3O3S/c1-8(19)18-22(20,21)11-6-3-7-16-13(11)17-12-9(14)4-2-5-10(12)15/h2-7H,1H3,(H,16,17)(H,18,19). The fourth-order valence-electron chi connectivity index (χ4n) is 1.68. The number of rotatable bonds is 4. The maximum atomic E-state index is 12.1. The van der Waals surface area contributed by atoms with E-state index in [1.54, 1.807) is 18.2 Å². The first-order valence-electron chi connectivity index (χ1n) is 6.00. The zero-order chi connectivity index (χ0) is 16.3. The van der Waals surface area contributed by atoms with Gasteiger partial charge in [0, 0.05) is 13.1 Å². The molecule has 0 fully saturated rings. The number of benzene rings is 1. The Hall–Kier alpha value is -1.83. The van der Waals surface area contributed by atoms with Crippen LogP contribution in [-0.4, -0.2) is 19.3 Å². The maximum absolute atomic E-state index is 12.1. The molecule has 22 heavy (non-hydrogen) atoms. The molecule has 0 radical (unpaired) electrons. The highest BCUT2D eigenvalue weighted by Crippen LogP contribution is 2.33. The van der Waals surface area contributed by atoms with Crippen LogP contribution in [0.5, 0.6) is 0 Å². The predicted molar refractivity (Wildman–Crippen MR) is 85.0 cm³/mol. The van der Waals surface area contributed by atoms with Gasteiger partial charge in [0.15, 0.2) is 5.82 Å². The second kappa shape index (κ2) is 6.51. The van der Waals surface area contributed by atoms with E-state index in [0.29, 0.717) is 15.7 Å². The van der Waals surface area contributed by atoms with E-state index in [0.717, 1.165) is 6.92 Å². The first-order chi connectivity index (χ1) is 10.3. The van der Waals surface area contributed by atoms with E-state index in [9.17, 15) is 13.2 Å². The number of anilines is 2. The second-order valence-electron chi connectivity index (χ2n) is 4.23. The number of sulfonamides is 1. The third-order valence-electron chi connectivity index (χ3n) is 2.54. The largest absolute Gasteiger partial charge is 0.337 e. The van der Waals surface area contributed by atoms with Gasteiger partial charge in [-0.25, -0.2) is 18.1 Å². The highest BCUT2D eigenvalue weighted by molar-refractivity contribution is 7.90. The molecule has 0 bridgehead atoms. The lowest BCUT2D eigenvalue weighted by Gasteiger charge is -2.13. The van der Waals surface area contributed by atoms with E-state index in [2.05, 4.69) is 10.3 Å². The van der Waals surface area contributed by atoms with Crippen molar-refractivity contribution >= 4 is 50.6 Å². The molecule has 0 aliphatic carbocycles.